The predicted molar refractivity (Wildman–Crippen MR) is 40.7 cm³/mol. The molecule has 1 aliphatic heterocycles. The van der Waals surface area contributed by atoms with E-state index in [1.165, 1.54) is 0 Å². The Morgan fingerprint density at radius 1 is 0.909 bits per heavy atom. The lowest BCUT2D eigenvalue weighted by atomic mass is 9.69. The molecule has 2 N–H and O–H groups in total. The van der Waals surface area contributed by atoms with E-state index < -0.39 is 23.4 Å². The highest BCUT2D eigenvalue weighted by molar-refractivity contribution is 4.95. The average Bonchev–Trinajstić information content (AvgIpc) is 1.95. The zero-order chi connectivity index (χ0) is 8.86. The van der Waals surface area contributed by atoms with Gasteiger partial charge in [0.2, 0.25) is 0 Å². The standard InChI is InChI=1S/C8H16O3/c1-7(2)5(9)11-6(10)8(7,3)4/h5-6,9-10H,1-4H3/t5-,6-/m1/s1. The van der Waals surface area contributed by atoms with Crippen LogP contribution in [0.5, 0.6) is 0 Å². The Hall–Kier alpha value is -0.120. The summed E-state index contributed by atoms with van der Waals surface area (Å²) >= 11 is 0. The highest BCUT2D eigenvalue weighted by Gasteiger charge is 2.55. The molecule has 0 bridgehead atoms. The van der Waals surface area contributed by atoms with Crippen LogP contribution in [0.15, 0.2) is 0 Å². The van der Waals surface area contributed by atoms with Crippen molar-refractivity contribution in [2.75, 3.05) is 0 Å². The molecule has 2 atom stereocenters. The van der Waals surface area contributed by atoms with Crippen molar-refractivity contribution in [3.05, 3.63) is 0 Å². The molecule has 0 aromatic rings. The van der Waals surface area contributed by atoms with Crippen molar-refractivity contribution >= 4 is 0 Å². The highest BCUT2D eigenvalue weighted by atomic mass is 16.7. The summed E-state index contributed by atoms with van der Waals surface area (Å²) in [5.74, 6) is 0. The summed E-state index contributed by atoms with van der Waals surface area (Å²) in [6.07, 6.45) is -1.74. The van der Waals surface area contributed by atoms with Gasteiger partial charge in [-0.25, -0.2) is 0 Å². The van der Waals surface area contributed by atoms with Crippen LogP contribution < -0.4 is 0 Å². The van der Waals surface area contributed by atoms with E-state index in [1.54, 1.807) is 0 Å². The molecule has 0 aromatic heterocycles. The van der Waals surface area contributed by atoms with Crippen LogP contribution in [0.1, 0.15) is 27.7 Å². The van der Waals surface area contributed by atoms with E-state index in [2.05, 4.69) is 0 Å². The topological polar surface area (TPSA) is 49.7 Å². The lowest BCUT2D eigenvalue weighted by molar-refractivity contribution is -0.183. The number of rotatable bonds is 0. The molecule has 0 amide bonds. The van der Waals surface area contributed by atoms with Crippen LogP contribution >= 0.6 is 0 Å². The second-order valence-electron chi connectivity index (χ2n) is 4.28. The molecular weight excluding hydrogens is 144 g/mol. The van der Waals surface area contributed by atoms with Crippen LogP contribution in [0.3, 0.4) is 0 Å². The summed E-state index contributed by atoms with van der Waals surface area (Å²) < 4.78 is 4.90. The molecule has 0 aromatic carbocycles. The Morgan fingerprint density at radius 2 is 1.18 bits per heavy atom. The molecule has 1 rings (SSSR count). The third-order valence-corrected chi connectivity index (χ3v) is 3.15. The molecule has 1 fully saturated rings. The Labute approximate surface area is 67.0 Å². The first-order valence-corrected chi connectivity index (χ1v) is 3.82. The molecule has 3 nitrogen and oxygen atoms in total. The number of hydrogen-bond donors (Lipinski definition) is 2. The fourth-order valence-corrected chi connectivity index (χ4v) is 1.10. The van der Waals surface area contributed by atoms with Crippen LogP contribution in [0, 0.1) is 10.8 Å². The molecule has 0 unspecified atom stereocenters. The van der Waals surface area contributed by atoms with Crippen LogP contribution in [0.25, 0.3) is 0 Å². The van der Waals surface area contributed by atoms with Crippen molar-refractivity contribution < 1.29 is 14.9 Å². The van der Waals surface area contributed by atoms with Gasteiger partial charge in [-0.2, -0.15) is 0 Å². The van der Waals surface area contributed by atoms with Gasteiger partial charge in [-0.1, -0.05) is 27.7 Å². The summed E-state index contributed by atoms with van der Waals surface area (Å²) in [5, 5.41) is 18.8. The maximum atomic E-state index is 9.38. The Morgan fingerprint density at radius 3 is 1.27 bits per heavy atom. The fraction of sp³-hybridized carbons (Fsp3) is 1.00. The van der Waals surface area contributed by atoms with Gasteiger partial charge in [0.05, 0.1) is 0 Å². The van der Waals surface area contributed by atoms with Gasteiger partial charge < -0.3 is 14.9 Å². The van der Waals surface area contributed by atoms with Crippen molar-refractivity contribution in [2.24, 2.45) is 10.8 Å². The lowest BCUT2D eigenvalue weighted by Gasteiger charge is -2.34. The van der Waals surface area contributed by atoms with Crippen molar-refractivity contribution in [1.82, 2.24) is 0 Å². The summed E-state index contributed by atoms with van der Waals surface area (Å²) in [6.45, 7) is 7.53. The summed E-state index contributed by atoms with van der Waals surface area (Å²) in [7, 11) is 0. The van der Waals surface area contributed by atoms with Crippen LogP contribution in [-0.4, -0.2) is 22.8 Å². The van der Waals surface area contributed by atoms with Gasteiger partial charge in [-0.3, -0.25) is 0 Å². The lowest BCUT2D eigenvalue weighted by Crippen LogP contribution is -2.38. The third-order valence-electron chi connectivity index (χ3n) is 3.15. The molecule has 0 aliphatic carbocycles. The van der Waals surface area contributed by atoms with Crippen LogP contribution in [0.2, 0.25) is 0 Å². The van der Waals surface area contributed by atoms with Gasteiger partial charge in [0.25, 0.3) is 0 Å². The number of aliphatic hydroxyl groups is 2. The second-order valence-corrected chi connectivity index (χ2v) is 4.28. The van der Waals surface area contributed by atoms with Crippen LogP contribution in [0.4, 0.5) is 0 Å². The molecule has 1 heterocycles. The molecule has 0 radical (unpaired) electrons. The van der Waals surface area contributed by atoms with Crippen molar-refractivity contribution in [3.8, 4) is 0 Å². The molecular formula is C8H16O3. The van der Waals surface area contributed by atoms with E-state index in [0.717, 1.165) is 0 Å². The van der Waals surface area contributed by atoms with E-state index in [-0.39, 0.29) is 0 Å². The van der Waals surface area contributed by atoms with Crippen molar-refractivity contribution in [3.63, 3.8) is 0 Å². The molecule has 0 spiro atoms. The van der Waals surface area contributed by atoms with Gasteiger partial charge in [0.1, 0.15) is 0 Å². The maximum Gasteiger partial charge on any atom is 0.163 e. The zero-order valence-electron chi connectivity index (χ0n) is 7.46. The number of ether oxygens (including phenoxy) is 1. The predicted octanol–water partition coefficient (Wildman–Crippen LogP) is 0.706. The quantitative estimate of drug-likeness (QED) is 0.548. The summed E-state index contributed by atoms with van der Waals surface area (Å²) in [4.78, 5) is 0. The smallest absolute Gasteiger partial charge is 0.163 e. The first kappa shape index (κ1) is 8.97. The molecule has 0 saturated carbocycles. The normalized spacial score (nSPS) is 40.9. The van der Waals surface area contributed by atoms with E-state index in [4.69, 9.17) is 4.74 Å². The van der Waals surface area contributed by atoms with Crippen LogP contribution in [-0.2, 0) is 4.74 Å². The minimum atomic E-state index is -0.868. The highest BCUT2D eigenvalue weighted by Crippen LogP contribution is 2.50. The van der Waals surface area contributed by atoms with E-state index >= 15 is 0 Å². The monoisotopic (exact) mass is 160 g/mol. The maximum absolute atomic E-state index is 9.38. The SMILES string of the molecule is CC1(C)[C@H](O)O[C@@H](O)C1(C)C. The van der Waals surface area contributed by atoms with Crippen molar-refractivity contribution in [2.45, 2.75) is 40.3 Å². The van der Waals surface area contributed by atoms with E-state index in [0.29, 0.717) is 0 Å². The molecule has 3 heteroatoms. The first-order valence-electron chi connectivity index (χ1n) is 3.82. The van der Waals surface area contributed by atoms with Gasteiger partial charge in [-0.15, -0.1) is 0 Å². The second kappa shape index (κ2) is 2.19. The van der Waals surface area contributed by atoms with Gasteiger partial charge in [0, 0.05) is 10.8 Å². The molecule has 1 saturated heterocycles. The van der Waals surface area contributed by atoms with Gasteiger partial charge in [0.15, 0.2) is 12.6 Å². The van der Waals surface area contributed by atoms with Crippen molar-refractivity contribution in [1.29, 1.82) is 0 Å². The summed E-state index contributed by atoms with van der Waals surface area (Å²) in [5.41, 5.74) is -0.793. The average molecular weight is 160 g/mol. The number of aliphatic hydroxyl groups excluding tert-OH is 2. The molecule has 11 heavy (non-hydrogen) atoms. The van der Waals surface area contributed by atoms with Gasteiger partial charge in [-0.05, 0) is 0 Å². The fourth-order valence-electron chi connectivity index (χ4n) is 1.10. The largest absolute Gasteiger partial charge is 0.367 e. The Balaban J connectivity index is 2.95. The minimum absolute atomic E-state index is 0.396. The van der Waals surface area contributed by atoms with E-state index in [1.807, 2.05) is 27.7 Å². The summed E-state index contributed by atoms with van der Waals surface area (Å²) in [6, 6.07) is 0. The Bertz CT molecular complexity index is 145. The van der Waals surface area contributed by atoms with E-state index in [9.17, 15) is 10.2 Å². The zero-order valence-corrected chi connectivity index (χ0v) is 7.46. The Kier molecular flexibility index (Phi) is 1.78. The molecule has 1 aliphatic rings. The number of hydrogen-bond acceptors (Lipinski definition) is 3. The molecule has 66 valence electrons. The first-order chi connectivity index (χ1) is 4.80. The minimum Gasteiger partial charge on any atom is -0.367 e. The third kappa shape index (κ3) is 0.991. The van der Waals surface area contributed by atoms with Gasteiger partial charge >= 0.3 is 0 Å².